The second-order valence-corrected chi connectivity index (χ2v) is 7.67. The molecule has 0 spiro atoms. The highest BCUT2D eigenvalue weighted by molar-refractivity contribution is 6.21. The van der Waals surface area contributed by atoms with E-state index in [9.17, 15) is 14.4 Å². The van der Waals surface area contributed by atoms with Gasteiger partial charge in [-0.1, -0.05) is 12.1 Å². The lowest BCUT2D eigenvalue weighted by Crippen LogP contribution is -2.31. The second-order valence-electron chi connectivity index (χ2n) is 7.67. The number of rotatable bonds is 7. The lowest BCUT2D eigenvalue weighted by Gasteiger charge is -2.14. The molecule has 2 heterocycles. The van der Waals surface area contributed by atoms with Gasteiger partial charge in [0.2, 0.25) is 5.91 Å². The summed E-state index contributed by atoms with van der Waals surface area (Å²) in [6.45, 7) is 1.98. The van der Waals surface area contributed by atoms with Crippen molar-refractivity contribution in [3.05, 3.63) is 59.8 Å². The molecule has 1 unspecified atom stereocenters. The summed E-state index contributed by atoms with van der Waals surface area (Å²) in [5, 5.41) is 6.48. The fourth-order valence-electron chi connectivity index (χ4n) is 3.91. The van der Waals surface area contributed by atoms with Crippen LogP contribution in [0.3, 0.4) is 0 Å². The van der Waals surface area contributed by atoms with E-state index in [1.54, 1.807) is 6.07 Å². The fraction of sp³-hybridized carbons (Fsp3) is 0.261. The van der Waals surface area contributed by atoms with Crippen LogP contribution in [0, 0.1) is 0 Å². The van der Waals surface area contributed by atoms with Gasteiger partial charge in [0.05, 0.1) is 5.69 Å². The lowest BCUT2D eigenvalue weighted by molar-refractivity contribution is -0.118. The Hall–Kier alpha value is -3.65. The molecule has 8 nitrogen and oxygen atoms in total. The summed E-state index contributed by atoms with van der Waals surface area (Å²) < 4.78 is 0. The number of hydrogen-bond donors (Lipinski definition) is 4. The number of aromatic nitrogens is 1. The minimum absolute atomic E-state index is 0.125. The van der Waals surface area contributed by atoms with Gasteiger partial charge >= 0.3 is 6.03 Å². The van der Waals surface area contributed by atoms with Gasteiger partial charge in [0.1, 0.15) is 6.04 Å². The number of aromatic amines is 1. The van der Waals surface area contributed by atoms with E-state index in [1.165, 1.54) is 11.8 Å². The first-order chi connectivity index (χ1) is 15.0. The molecular formula is C23H25N5O3. The van der Waals surface area contributed by atoms with Crippen LogP contribution in [0.2, 0.25) is 0 Å². The minimum Gasteiger partial charge on any atom is -0.361 e. The number of urea groups is 1. The van der Waals surface area contributed by atoms with Gasteiger partial charge in [-0.15, -0.1) is 0 Å². The van der Waals surface area contributed by atoms with E-state index in [0.29, 0.717) is 31.5 Å². The molecule has 3 aromatic rings. The predicted octanol–water partition coefficient (Wildman–Crippen LogP) is 2.69. The molecule has 5 N–H and O–H groups in total. The predicted molar refractivity (Wildman–Crippen MR) is 120 cm³/mol. The van der Waals surface area contributed by atoms with E-state index < -0.39 is 12.1 Å². The van der Waals surface area contributed by atoms with Crippen LogP contribution in [0.5, 0.6) is 0 Å². The van der Waals surface area contributed by atoms with E-state index in [1.807, 2.05) is 42.6 Å². The molecule has 1 aliphatic rings. The van der Waals surface area contributed by atoms with Crippen LogP contribution in [0.15, 0.2) is 48.7 Å². The van der Waals surface area contributed by atoms with Gasteiger partial charge in [-0.25, -0.2) is 9.69 Å². The van der Waals surface area contributed by atoms with Crippen LogP contribution in [0.1, 0.15) is 24.5 Å². The van der Waals surface area contributed by atoms with Crippen molar-refractivity contribution in [3.63, 3.8) is 0 Å². The third-order valence-electron chi connectivity index (χ3n) is 5.44. The number of nitrogens with one attached hydrogen (secondary N) is 3. The highest BCUT2D eigenvalue weighted by atomic mass is 16.2. The molecule has 0 radical (unpaired) electrons. The Labute approximate surface area is 179 Å². The summed E-state index contributed by atoms with van der Waals surface area (Å²) in [6.07, 6.45) is 3.74. The van der Waals surface area contributed by atoms with E-state index >= 15 is 0 Å². The van der Waals surface area contributed by atoms with Crippen LogP contribution in [0.25, 0.3) is 10.9 Å². The quantitative estimate of drug-likeness (QED) is 0.440. The molecule has 0 bridgehead atoms. The van der Waals surface area contributed by atoms with Crippen molar-refractivity contribution in [2.45, 2.75) is 32.2 Å². The third-order valence-corrected chi connectivity index (χ3v) is 5.44. The summed E-state index contributed by atoms with van der Waals surface area (Å²) in [5.41, 5.74) is 9.98. The van der Waals surface area contributed by atoms with Crippen molar-refractivity contribution in [3.8, 4) is 0 Å². The molecule has 4 amide bonds. The molecule has 4 rings (SSSR count). The molecule has 160 valence electrons. The summed E-state index contributed by atoms with van der Waals surface area (Å²) in [5.74, 6) is -0.379. The van der Waals surface area contributed by atoms with Crippen molar-refractivity contribution in [2.75, 3.05) is 16.8 Å². The van der Waals surface area contributed by atoms with Crippen LogP contribution in [-0.2, 0) is 22.4 Å². The Morgan fingerprint density at radius 3 is 2.61 bits per heavy atom. The topological polar surface area (TPSA) is 120 Å². The van der Waals surface area contributed by atoms with Crippen LogP contribution < -0.4 is 21.3 Å². The first-order valence-electron chi connectivity index (χ1n) is 10.3. The van der Waals surface area contributed by atoms with Gasteiger partial charge < -0.3 is 21.4 Å². The third kappa shape index (κ3) is 4.29. The first kappa shape index (κ1) is 20.6. The summed E-state index contributed by atoms with van der Waals surface area (Å²) >= 11 is 0. The van der Waals surface area contributed by atoms with Crippen molar-refractivity contribution in [2.24, 2.45) is 5.73 Å². The number of H-pyrrole nitrogens is 1. The minimum atomic E-state index is -0.576. The number of hydrogen-bond acceptors (Lipinski definition) is 4. The maximum atomic E-state index is 13.0. The SMILES string of the molecule is CC(=O)Nc1ccc(CCC2NC(=O)N(c3ccc4[nH]cc(CCN)c4c3)C2=O)cc1. The first-order valence-corrected chi connectivity index (χ1v) is 10.3. The van der Waals surface area contributed by atoms with Gasteiger partial charge in [-0.3, -0.25) is 9.59 Å². The van der Waals surface area contributed by atoms with Gasteiger partial charge in [0.25, 0.3) is 5.91 Å². The number of anilines is 2. The number of amides is 4. The average Bonchev–Trinajstić information content (AvgIpc) is 3.27. The number of nitrogens with two attached hydrogens (primary N) is 1. The van der Waals surface area contributed by atoms with Gasteiger partial charge in [0, 0.05) is 29.7 Å². The largest absolute Gasteiger partial charge is 0.361 e. The summed E-state index contributed by atoms with van der Waals surface area (Å²) in [7, 11) is 0. The molecule has 8 heteroatoms. The summed E-state index contributed by atoms with van der Waals surface area (Å²) in [6, 6.07) is 12.0. The van der Waals surface area contributed by atoms with Crippen LogP contribution in [-0.4, -0.2) is 35.4 Å². The Kier molecular flexibility index (Phi) is 5.73. The Morgan fingerprint density at radius 2 is 1.90 bits per heavy atom. The van der Waals surface area contributed by atoms with E-state index in [2.05, 4.69) is 15.6 Å². The van der Waals surface area contributed by atoms with Crippen LogP contribution >= 0.6 is 0 Å². The average molecular weight is 419 g/mol. The number of nitrogens with zero attached hydrogens (tertiary/aromatic N) is 1. The van der Waals surface area contributed by atoms with Gasteiger partial charge in [-0.2, -0.15) is 0 Å². The number of fused-ring (bicyclic) bond motifs is 1. The second kappa shape index (κ2) is 8.61. The molecule has 1 aromatic heterocycles. The standard InChI is InChI=1S/C23H25N5O3/c1-14(29)26-17-5-2-15(3-6-17)4-8-21-22(30)28(23(31)27-21)18-7-9-20-19(12-18)16(10-11-24)13-25-20/h2-3,5-7,9,12-13,21,25H,4,8,10-11,24H2,1H3,(H,26,29)(H,27,31). The highest BCUT2D eigenvalue weighted by Crippen LogP contribution is 2.28. The van der Waals surface area contributed by atoms with E-state index in [-0.39, 0.29) is 11.8 Å². The Balaban J connectivity index is 1.46. The molecule has 31 heavy (non-hydrogen) atoms. The van der Waals surface area contributed by atoms with Crippen molar-refractivity contribution < 1.29 is 14.4 Å². The highest BCUT2D eigenvalue weighted by Gasteiger charge is 2.38. The Morgan fingerprint density at radius 1 is 1.13 bits per heavy atom. The summed E-state index contributed by atoms with van der Waals surface area (Å²) in [4.78, 5) is 41.1. The van der Waals surface area contributed by atoms with Crippen LogP contribution in [0.4, 0.5) is 16.2 Å². The maximum absolute atomic E-state index is 13.0. The fourth-order valence-corrected chi connectivity index (χ4v) is 3.91. The zero-order valence-corrected chi connectivity index (χ0v) is 17.3. The number of imide groups is 1. The molecule has 1 fully saturated rings. The molecule has 1 aliphatic heterocycles. The number of carbonyl (C=O) groups is 3. The smallest absolute Gasteiger partial charge is 0.329 e. The number of benzene rings is 2. The zero-order chi connectivity index (χ0) is 22.0. The molecule has 1 saturated heterocycles. The number of aryl methyl sites for hydroxylation is 1. The zero-order valence-electron chi connectivity index (χ0n) is 17.3. The lowest BCUT2D eigenvalue weighted by atomic mass is 10.0. The van der Waals surface area contributed by atoms with E-state index in [0.717, 1.165) is 27.7 Å². The maximum Gasteiger partial charge on any atom is 0.329 e. The van der Waals surface area contributed by atoms with E-state index in [4.69, 9.17) is 5.73 Å². The van der Waals surface area contributed by atoms with Gasteiger partial charge in [-0.05, 0) is 67.3 Å². The van der Waals surface area contributed by atoms with Crippen molar-refractivity contribution >= 4 is 40.1 Å². The number of carbonyl (C=O) groups excluding carboxylic acids is 3. The van der Waals surface area contributed by atoms with Crippen molar-refractivity contribution in [1.82, 2.24) is 10.3 Å². The molecular weight excluding hydrogens is 394 g/mol. The van der Waals surface area contributed by atoms with Crippen molar-refractivity contribution in [1.29, 1.82) is 0 Å². The molecule has 0 saturated carbocycles. The monoisotopic (exact) mass is 419 g/mol. The molecule has 0 aliphatic carbocycles. The van der Waals surface area contributed by atoms with Gasteiger partial charge in [0.15, 0.2) is 0 Å². The Bertz CT molecular complexity index is 1140. The molecule has 2 aromatic carbocycles. The normalized spacial score (nSPS) is 16.1. The molecule has 1 atom stereocenters.